The molecule has 11 heteroatoms. The smallest absolute Gasteiger partial charge is 0.338 e. The summed E-state index contributed by atoms with van der Waals surface area (Å²) in [5, 5.41) is 7.25. The van der Waals surface area contributed by atoms with Crippen LogP contribution in [0.1, 0.15) is 72.1 Å². The Morgan fingerprint density at radius 1 is 1.21 bits per heavy atom. The molecule has 2 amide bonds. The molecular formula is C31H37N5O6. The lowest BCUT2D eigenvalue weighted by molar-refractivity contribution is -0.168. The van der Waals surface area contributed by atoms with Crippen LogP contribution in [-0.4, -0.2) is 69.4 Å². The molecule has 1 atom stereocenters. The number of rotatable bonds is 9. The first kappa shape index (κ1) is 28.1. The molecule has 3 fully saturated rings. The van der Waals surface area contributed by atoms with Crippen LogP contribution in [0.25, 0.3) is 11.5 Å². The predicted molar refractivity (Wildman–Crippen MR) is 151 cm³/mol. The van der Waals surface area contributed by atoms with Crippen LogP contribution in [-0.2, 0) is 39.0 Å². The number of fused-ring (bicyclic) bond motifs is 2. The summed E-state index contributed by atoms with van der Waals surface area (Å²) in [5.41, 5.74) is 2.69. The van der Waals surface area contributed by atoms with Gasteiger partial charge in [0.25, 0.3) is 5.91 Å². The summed E-state index contributed by atoms with van der Waals surface area (Å²) in [5.74, 6) is -0.764. The average molecular weight is 576 g/mol. The van der Waals surface area contributed by atoms with E-state index < -0.39 is 28.9 Å². The highest BCUT2D eigenvalue weighted by molar-refractivity contribution is 5.97. The van der Waals surface area contributed by atoms with E-state index in [0.717, 1.165) is 30.4 Å². The molecule has 2 aromatic heterocycles. The van der Waals surface area contributed by atoms with E-state index in [4.69, 9.17) is 13.9 Å². The van der Waals surface area contributed by atoms with E-state index in [1.54, 1.807) is 35.9 Å². The van der Waals surface area contributed by atoms with E-state index in [1.165, 1.54) is 12.7 Å². The Balaban J connectivity index is 1.44. The number of hydrogen-bond donors (Lipinski definition) is 1. The molecule has 3 aromatic rings. The van der Waals surface area contributed by atoms with Gasteiger partial charge in [0.1, 0.15) is 6.04 Å². The van der Waals surface area contributed by atoms with Crippen LogP contribution in [0, 0.1) is 12.3 Å². The Kier molecular flexibility index (Phi) is 6.95. The van der Waals surface area contributed by atoms with Gasteiger partial charge in [-0.1, -0.05) is 18.2 Å². The number of amides is 2. The third kappa shape index (κ3) is 4.69. The predicted octanol–water partition coefficient (Wildman–Crippen LogP) is 3.30. The van der Waals surface area contributed by atoms with Crippen molar-refractivity contribution in [3.63, 3.8) is 0 Å². The van der Waals surface area contributed by atoms with Crippen LogP contribution >= 0.6 is 0 Å². The number of carbonyl (C=O) groups is 3. The number of nitrogens with one attached hydrogen (secondary N) is 1. The zero-order chi connectivity index (χ0) is 29.8. The third-order valence-corrected chi connectivity index (χ3v) is 8.71. The first-order chi connectivity index (χ1) is 20.0. The molecule has 1 unspecified atom stereocenters. The molecule has 11 nitrogen and oxygen atoms in total. The van der Waals surface area contributed by atoms with Crippen LogP contribution in [0.15, 0.2) is 35.0 Å². The van der Waals surface area contributed by atoms with Gasteiger partial charge in [0.15, 0.2) is 5.60 Å². The summed E-state index contributed by atoms with van der Waals surface area (Å²) in [6.45, 7) is 6.01. The standard InChI is InChI=1S/C31H37N5O6/c1-18(2)33-26(37)24(23-11-7-9-20-8-6-10-22(20)23)36(16-30-14-31(15-30,41-17-30)29(39)40-5)28(38)25-19(3)34-27(42-25)21-12-32-35(4)13-21/h7,9,11-13,18,24H,6,8,10,14-17H2,1-5H3,(H,33,37). The van der Waals surface area contributed by atoms with Gasteiger partial charge in [0.2, 0.25) is 17.6 Å². The van der Waals surface area contributed by atoms with E-state index >= 15 is 0 Å². The minimum Gasteiger partial charge on any atom is -0.467 e. The zero-order valence-corrected chi connectivity index (χ0v) is 24.7. The van der Waals surface area contributed by atoms with Crippen molar-refractivity contribution in [3.8, 4) is 11.5 Å². The first-order valence-corrected chi connectivity index (χ1v) is 14.5. The second-order valence-corrected chi connectivity index (χ2v) is 12.3. The van der Waals surface area contributed by atoms with Gasteiger partial charge in [0.05, 0.1) is 31.2 Å². The molecule has 42 heavy (non-hydrogen) atoms. The highest BCUT2D eigenvalue weighted by Crippen LogP contribution is 2.59. The number of carbonyl (C=O) groups excluding carboxylic acids is 3. The number of oxazole rings is 1. The Morgan fingerprint density at radius 2 is 2.00 bits per heavy atom. The Bertz CT molecular complexity index is 1550. The van der Waals surface area contributed by atoms with E-state index in [1.807, 2.05) is 26.0 Å². The van der Waals surface area contributed by atoms with Crippen LogP contribution in [0.4, 0.5) is 0 Å². The molecule has 1 aromatic carbocycles. The minimum atomic E-state index is -0.997. The van der Waals surface area contributed by atoms with Crippen LogP contribution in [0.3, 0.4) is 0 Å². The van der Waals surface area contributed by atoms with E-state index in [9.17, 15) is 14.4 Å². The monoisotopic (exact) mass is 575 g/mol. The second kappa shape index (κ2) is 10.4. The lowest BCUT2D eigenvalue weighted by Gasteiger charge is -2.46. The lowest BCUT2D eigenvalue weighted by Crippen LogP contribution is -2.57. The molecule has 0 spiro atoms. The maximum absolute atomic E-state index is 14.6. The number of esters is 1. The summed E-state index contributed by atoms with van der Waals surface area (Å²) in [7, 11) is 3.14. The summed E-state index contributed by atoms with van der Waals surface area (Å²) in [6.07, 6.45) is 6.98. The van der Waals surface area contributed by atoms with Gasteiger partial charge in [-0.25, -0.2) is 9.78 Å². The first-order valence-electron chi connectivity index (χ1n) is 14.5. The molecular weight excluding hydrogens is 538 g/mol. The number of ether oxygens (including phenoxy) is 2. The highest BCUT2D eigenvalue weighted by atomic mass is 16.6. The maximum Gasteiger partial charge on any atom is 0.338 e. The highest BCUT2D eigenvalue weighted by Gasteiger charge is 2.68. The van der Waals surface area contributed by atoms with Gasteiger partial charge in [-0.05, 0) is 69.6 Å². The number of nitrogens with zero attached hydrogens (tertiary/aromatic N) is 4. The Labute approximate surface area is 244 Å². The molecule has 2 saturated heterocycles. The topological polar surface area (TPSA) is 129 Å². The average Bonchev–Trinajstić information content (AvgIpc) is 3.75. The van der Waals surface area contributed by atoms with Crippen molar-refractivity contribution in [3.05, 3.63) is 58.7 Å². The van der Waals surface area contributed by atoms with Gasteiger partial charge >= 0.3 is 5.97 Å². The Morgan fingerprint density at radius 3 is 2.69 bits per heavy atom. The molecule has 4 aliphatic rings. The molecule has 1 N–H and O–H groups in total. The van der Waals surface area contributed by atoms with Crippen molar-refractivity contribution in [1.29, 1.82) is 0 Å². The number of hydrogen-bond acceptors (Lipinski definition) is 8. The fourth-order valence-electron chi connectivity index (χ4n) is 6.94. The largest absolute Gasteiger partial charge is 0.467 e. The number of aryl methyl sites for hydroxylation is 3. The van der Waals surface area contributed by atoms with Crippen LogP contribution in [0.2, 0.25) is 0 Å². The third-order valence-electron chi connectivity index (χ3n) is 8.71. The minimum absolute atomic E-state index is 0.0673. The molecule has 2 bridgehead atoms. The van der Waals surface area contributed by atoms with Gasteiger partial charge in [-0.3, -0.25) is 14.3 Å². The van der Waals surface area contributed by atoms with Gasteiger partial charge in [0, 0.05) is 31.2 Å². The fraction of sp³-hybridized carbons (Fsp3) is 0.516. The summed E-state index contributed by atoms with van der Waals surface area (Å²) >= 11 is 0. The van der Waals surface area contributed by atoms with Crippen molar-refractivity contribution in [2.24, 2.45) is 12.5 Å². The molecule has 2 aliphatic carbocycles. The SMILES string of the molecule is COC(=O)C12CC(CN(C(=O)c3oc(-c4cnn(C)c4)nc3C)C(C(=O)NC(C)C)c3cccc4c3CCC4)(CO1)C2. The lowest BCUT2D eigenvalue weighted by atomic mass is 9.62. The van der Waals surface area contributed by atoms with E-state index in [2.05, 4.69) is 21.5 Å². The van der Waals surface area contributed by atoms with Crippen molar-refractivity contribution >= 4 is 17.8 Å². The molecule has 2 aliphatic heterocycles. The Hall–Kier alpha value is -3.99. The summed E-state index contributed by atoms with van der Waals surface area (Å²) in [4.78, 5) is 47.4. The number of benzene rings is 1. The molecule has 4 heterocycles. The normalized spacial score (nSPS) is 22.9. The number of methoxy groups -OCH3 is 1. The molecule has 1 saturated carbocycles. The maximum atomic E-state index is 14.6. The molecule has 7 rings (SSSR count). The fourth-order valence-corrected chi connectivity index (χ4v) is 6.94. The van der Waals surface area contributed by atoms with Gasteiger partial charge < -0.3 is 24.1 Å². The number of aromatic nitrogens is 3. The van der Waals surface area contributed by atoms with Gasteiger partial charge in [-0.2, -0.15) is 5.10 Å². The van der Waals surface area contributed by atoms with E-state index in [0.29, 0.717) is 24.1 Å². The molecule has 222 valence electrons. The van der Waals surface area contributed by atoms with Crippen molar-refractivity contribution < 1.29 is 28.3 Å². The quantitative estimate of drug-likeness (QED) is 0.385. The molecule has 0 radical (unpaired) electrons. The van der Waals surface area contributed by atoms with Gasteiger partial charge in [-0.15, -0.1) is 0 Å². The van der Waals surface area contributed by atoms with Crippen molar-refractivity contribution in [2.45, 2.75) is 70.6 Å². The zero-order valence-electron chi connectivity index (χ0n) is 24.7. The second-order valence-electron chi connectivity index (χ2n) is 12.3. The summed E-state index contributed by atoms with van der Waals surface area (Å²) < 4.78 is 18.7. The summed E-state index contributed by atoms with van der Waals surface area (Å²) in [6, 6.07) is 4.95. The van der Waals surface area contributed by atoms with Crippen molar-refractivity contribution in [1.82, 2.24) is 25.0 Å². The van der Waals surface area contributed by atoms with Crippen LogP contribution in [0.5, 0.6) is 0 Å². The van der Waals surface area contributed by atoms with E-state index in [-0.39, 0.29) is 36.8 Å². The van der Waals surface area contributed by atoms with Crippen LogP contribution < -0.4 is 5.32 Å². The van der Waals surface area contributed by atoms with Crippen molar-refractivity contribution in [2.75, 3.05) is 20.3 Å².